The molecule has 0 aliphatic rings. The minimum absolute atomic E-state index is 0.192. The zero-order chi connectivity index (χ0) is 13.0. The molecule has 0 bridgehead atoms. The van der Waals surface area contributed by atoms with Crippen molar-refractivity contribution < 1.29 is 4.79 Å². The number of carbonyl (C=O) groups is 1. The van der Waals surface area contributed by atoms with E-state index >= 15 is 0 Å². The van der Waals surface area contributed by atoms with Gasteiger partial charge in [-0.05, 0) is 37.4 Å². The van der Waals surface area contributed by atoms with Crippen molar-refractivity contribution in [3.8, 4) is 0 Å². The number of rotatable bonds is 3. The maximum absolute atomic E-state index is 11.8. The molecular formula is C14H14N2OS. The standard InChI is InChI=1S/C14H14N2OS/c1-10-4-3-5-12(8-10)14(17)16-15-9-13-6-7-18-11(13)2/h3-9H,1-2H3,(H,16,17)/b15-9+. The molecule has 92 valence electrons. The highest BCUT2D eigenvalue weighted by molar-refractivity contribution is 7.10. The first-order valence-corrected chi connectivity index (χ1v) is 6.49. The van der Waals surface area contributed by atoms with Crippen LogP contribution in [0, 0.1) is 13.8 Å². The van der Waals surface area contributed by atoms with Crippen LogP contribution in [0.3, 0.4) is 0 Å². The number of hydrogen-bond acceptors (Lipinski definition) is 3. The lowest BCUT2D eigenvalue weighted by Gasteiger charge is -2.00. The van der Waals surface area contributed by atoms with Gasteiger partial charge in [-0.15, -0.1) is 11.3 Å². The Kier molecular flexibility index (Phi) is 3.89. The Morgan fingerprint density at radius 2 is 2.17 bits per heavy atom. The van der Waals surface area contributed by atoms with Crippen molar-refractivity contribution >= 4 is 23.5 Å². The quantitative estimate of drug-likeness (QED) is 0.667. The molecule has 0 saturated carbocycles. The van der Waals surface area contributed by atoms with Gasteiger partial charge in [-0.2, -0.15) is 5.10 Å². The third-order valence-electron chi connectivity index (χ3n) is 2.55. The van der Waals surface area contributed by atoms with E-state index in [0.29, 0.717) is 5.56 Å². The molecule has 0 radical (unpaired) electrons. The summed E-state index contributed by atoms with van der Waals surface area (Å²) in [4.78, 5) is 13.0. The van der Waals surface area contributed by atoms with E-state index in [0.717, 1.165) is 11.1 Å². The summed E-state index contributed by atoms with van der Waals surface area (Å²) in [7, 11) is 0. The zero-order valence-electron chi connectivity index (χ0n) is 10.3. The lowest BCUT2D eigenvalue weighted by molar-refractivity contribution is 0.0955. The highest BCUT2D eigenvalue weighted by atomic mass is 32.1. The second kappa shape index (κ2) is 5.60. The van der Waals surface area contributed by atoms with Crippen LogP contribution in [0.5, 0.6) is 0 Å². The van der Waals surface area contributed by atoms with Gasteiger partial charge in [-0.1, -0.05) is 17.7 Å². The molecule has 0 unspecified atom stereocenters. The number of aryl methyl sites for hydroxylation is 2. The van der Waals surface area contributed by atoms with E-state index in [-0.39, 0.29) is 5.91 Å². The van der Waals surface area contributed by atoms with Crippen molar-refractivity contribution in [2.45, 2.75) is 13.8 Å². The van der Waals surface area contributed by atoms with Crippen LogP contribution in [0.1, 0.15) is 26.4 Å². The SMILES string of the molecule is Cc1cccc(C(=O)N/N=C/c2ccsc2C)c1. The van der Waals surface area contributed by atoms with Crippen LogP contribution >= 0.6 is 11.3 Å². The summed E-state index contributed by atoms with van der Waals surface area (Å²) >= 11 is 1.66. The van der Waals surface area contributed by atoms with Gasteiger partial charge >= 0.3 is 0 Å². The van der Waals surface area contributed by atoms with E-state index in [1.165, 1.54) is 4.88 Å². The fraction of sp³-hybridized carbons (Fsp3) is 0.143. The second-order valence-corrected chi connectivity index (χ2v) is 5.12. The molecule has 3 nitrogen and oxygen atoms in total. The van der Waals surface area contributed by atoms with Crippen LogP contribution in [0.25, 0.3) is 0 Å². The molecular weight excluding hydrogens is 244 g/mol. The van der Waals surface area contributed by atoms with E-state index in [2.05, 4.69) is 10.5 Å². The molecule has 0 atom stereocenters. The van der Waals surface area contributed by atoms with Gasteiger partial charge in [-0.3, -0.25) is 4.79 Å². The lowest BCUT2D eigenvalue weighted by Crippen LogP contribution is -2.17. The minimum atomic E-state index is -0.192. The van der Waals surface area contributed by atoms with Gasteiger partial charge < -0.3 is 0 Å². The molecule has 0 spiro atoms. The maximum Gasteiger partial charge on any atom is 0.271 e. The fourth-order valence-electron chi connectivity index (χ4n) is 1.54. The second-order valence-electron chi connectivity index (χ2n) is 4.00. The van der Waals surface area contributed by atoms with Crippen molar-refractivity contribution in [2.24, 2.45) is 5.10 Å². The van der Waals surface area contributed by atoms with Gasteiger partial charge in [0.25, 0.3) is 5.91 Å². The zero-order valence-corrected chi connectivity index (χ0v) is 11.1. The van der Waals surface area contributed by atoms with E-state index in [1.54, 1.807) is 23.6 Å². The van der Waals surface area contributed by atoms with Crippen molar-refractivity contribution in [2.75, 3.05) is 0 Å². The molecule has 1 heterocycles. The molecule has 18 heavy (non-hydrogen) atoms. The van der Waals surface area contributed by atoms with Crippen molar-refractivity contribution in [1.29, 1.82) is 0 Å². The molecule has 2 rings (SSSR count). The summed E-state index contributed by atoms with van der Waals surface area (Å²) in [5.41, 5.74) is 5.23. The van der Waals surface area contributed by atoms with Crippen LogP contribution in [0.15, 0.2) is 40.8 Å². The number of carbonyl (C=O) groups excluding carboxylic acids is 1. The summed E-state index contributed by atoms with van der Waals surface area (Å²) in [6.07, 6.45) is 1.67. The van der Waals surface area contributed by atoms with E-state index in [1.807, 2.05) is 43.5 Å². The van der Waals surface area contributed by atoms with Gasteiger partial charge in [0.15, 0.2) is 0 Å². The Balaban J connectivity index is 2.01. The van der Waals surface area contributed by atoms with Gasteiger partial charge in [0.1, 0.15) is 0 Å². The first kappa shape index (κ1) is 12.5. The molecule has 0 aliphatic heterocycles. The van der Waals surface area contributed by atoms with Gasteiger partial charge in [0.05, 0.1) is 6.21 Å². The summed E-state index contributed by atoms with van der Waals surface area (Å²) in [5.74, 6) is -0.192. The van der Waals surface area contributed by atoms with Crippen LogP contribution < -0.4 is 5.43 Å². The molecule has 0 fully saturated rings. The number of nitrogens with zero attached hydrogens (tertiary/aromatic N) is 1. The molecule has 1 aromatic heterocycles. The Labute approximate surface area is 110 Å². The average Bonchev–Trinajstić information content (AvgIpc) is 2.75. The molecule has 4 heteroatoms. The Morgan fingerprint density at radius 1 is 1.33 bits per heavy atom. The predicted molar refractivity (Wildman–Crippen MR) is 75.3 cm³/mol. The number of hydrazone groups is 1. The lowest BCUT2D eigenvalue weighted by atomic mass is 10.1. The van der Waals surface area contributed by atoms with Crippen LogP contribution in [-0.4, -0.2) is 12.1 Å². The van der Waals surface area contributed by atoms with E-state index in [4.69, 9.17) is 0 Å². The fourth-order valence-corrected chi connectivity index (χ4v) is 2.22. The normalized spacial score (nSPS) is 10.8. The third-order valence-corrected chi connectivity index (χ3v) is 3.41. The minimum Gasteiger partial charge on any atom is -0.267 e. The molecule has 0 aliphatic carbocycles. The van der Waals surface area contributed by atoms with Gasteiger partial charge in [-0.25, -0.2) is 5.43 Å². The van der Waals surface area contributed by atoms with E-state index < -0.39 is 0 Å². The predicted octanol–water partition coefficient (Wildman–Crippen LogP) is 3.13. The Bertz CT molecular complexity index is 587. The van der Waals surface area contributed by atoms with Crippen LogP contribution in [0.2, 0.25) is 0 Å². The molecule has 1 N–H and O–H groups in total. The largest absolute Gasteiger partial charge is 0.271 e. The third kappa shape index (κ3) is 3.05. The first-order valence-electron chi connectivity index (χ1n) is 5.61. The smallest absolute Gasteiger partial charge is 0.267 e. The molecule has 0 saturated heterocycles. The number of hydrogen-bond donors (Lipinski definition) is 1. The van der Waals surface area contributed by atoms with Gasteiger partial charge in [0.2, 0.25) is 0 Å². The van der Waals surface area contributed by atoms with Gasteiger partial charge in [0, 0.05) is 16.0 Å². The monoisotopic (exact) mass is 258 g/mol. The highest BCUT2D eigenvalue weighted by Gasteiger charge is 2.03. The van der Waals surface area contributed by atoms with Crippen LogP contribution in [0.4, 0.5) is 0 Å². The van der Waals surface area contributed by atoms with Crippen LogP contribution in [-0.2, 0) is 0 Å². The number of benzene rings is 1. The maximum atomic E-state index is 11.8. The van der Waals surface area contributed by atoms with Crippen molar-refractivity contribution in [3.63, 3.8) is 0 Å². The highest BCUT2D eigenvalue weighted by Crippen LogP contribution is 2.12. The molecule has 1 amide bonds. The average molecular weight is 258 g/mol. The number of nitrogens with one attached hydrogen (secondary N) is 1. The summed E-state index contributed by atoms with van der Waals surface area (Å²) in [6.45, 7) is 3.98. The number of thiophene rings is 1. The molecule has 1 aromatic carbocycles. The Hall–Kier alpha value is -1.94. The molecule has 2 aromatic rings. The number of amides is 1. The topological polar surface area (TPSA) is 41.5 Å². The van der Waals surface area contributed by atoms with E-state index in [9.17, 15) is 4.79 Å². The summed E-state index contributed by atoms with van der Waals surface area (Å²) in [5, 5.41) is 5.96. The van der Waals surface area contributed by atoms with Crippen molar-refractivity contribution in [1.82, 2.24) is 5.43 Å². The summed E-state index contributed by atoms with van der Waals surface area (Å²) in [6, 6.07) is 9.39. The summed E-state index contributed by atoms with van der Waals surface area (Å²) < 4.78 is 0. The Morgan fingerprint density at radius 3 is 2.83 bits per heavy atom. The first-order chi connectivity index (χ1) is 8.66. The van der Waals surface area contributed by atoms with Crippen molar-refractivity contribution in [3.05, 3.63) is 57.3 Å².